The summed E-state index contributed by atoms with van der Waals surface area (Å²) < 4.78 is 20.7. The van der Waals surface area contributed by atoms with Crippen molar-refractivity contribution in [3.8, 4) is 5.75 Å². The van der Waals surface area contributed by atoms with Gasteiger partial charge in [0.2, 0.25) is 0 Å². The lowest BCUT2D eigenvalue weighted by Crippen LogP contribution is -2.03. The summed E-state index contributed by atoms with van der Waals surface area (Å²) in [6, 6.07) is 27.0. The third-order valence-corrected chi connectivity index (χ3v) is 6.93. The summed E-state index contributed by atoms with van der Waals surface area (Å²) in [5, 5.41) is 0. The molecule has 4 nitrogen and oxygen atoms in total. The molecule has 6 heteroatoms. The maximum absolute atomic E-state index is 5.84. The first kappa shape index (κ1) is 23.8. The van der Waals surface area contributed by atoms with Crippen LogP contribution in [0.25, 0.3) is 0 Å². The number of hydrogen-bond donors (Lipinski definition) is 1. The van der Waals surface area contributed by atoms with E-state index in [1.165, 1.54) is 16.7 Å². The average molecular weight is 456 g/mol. The molecule has 0 heterocycles. The van der Waals surface area contributed by atoms with Gasteiger partial charge in [-0.2, -0.15) is 0 Å². The van der Waals surface area contributed by atoms with E-state index in [2.05, 4.69) is 53.3 Å². The Labute approximate surface area is 191 Å². The highest BCUT2D eigenvalue weighted by Crippen LogP contribution is 2.41. The van der Waals surface area contributed by atoms with Crippen LogP contribution in [0.1, 0.15) is 30.5 Å². The van der Waals surface area contributed by atoms with Gasteiger partial charge >= 0.3 is 0 Å². The van der Waals surface area contributed by atoms with Crippen LogP contribution >= 0.6 is 20.3 Å². The normalized spacial score (nSPS) is 11.1. The summed E-state index contributed by atoms with van der Waals surface area (Å²) >= 11 is 1.62. The number of rotatable bonds is 13. The van der Waals surface area contributed by atoms with Crippen LogP contribution in [0, 0.1) is 0 Å². The lowest BCUT2D eigenvalue weighted by molar-refractivity contribution is 0.268. The highest BCUT2D eigenvalue weighted by atomic mass is 32.2. The molecule has 0 aliphatic heterocycles. The van der Waals surface area contributed by atoms with Crippen molar-refractivity contribution in [3.05, 3.63) is 95.6 Å². The van der Waals surface area contributed by atoms with Gasteiger partial charge in [-0.05, 0) is 66.8 Å². The van der Waals surface area contributed by atoms with Crippen molar-refractivity contribution in [2.45, 2.75) is 38.1 Å². The van der Waals surface area contributed by atoms with Crippen molar-refractivity contribution in [1.82, 2.24) is 4.72 Å². The molecule has 31 heavy (non-hydrogen) atoms. The summed E-state index contributed by atoms with van der Waals surface area (Å²) in [6.45, 7) is 6.76. The molecule has 0 saturated carbocycles. The summed E-state index contributed by atoms with van der Waals surface area (Å²) in [6.07, 6.45) is 0.832. The maximum atomic E-state index is 5.84. The average Bonchev–Trinajstić information content (AvgIpc) is 2.81. The lowest BCUT2D eigenvalue weighted by Gasteiger charge is -2.15. The fourth-order valence-corrected chi connectivity index (χ4v) is 4.90. The number of hydrogen-bond acceptors (Lipinski definition) is 5. The van der Waals surface area contributed by atoms with Gasteiger partial charge in [0.15, 0.2) is 8.38 Å². The Hall–Kier alpha value is -1.88. The first-order valence-corrected chi connectivity index (χ1v) is 12.7. The van der Waals surface area contributed by atoms with Gasteiger partial charge in [0, 0.05) is 17.6 Å². The van der Waals surface area contributed by atoms with Crippen LogP contribution in [0.15, 0.2) is 83.8 Å². The predicted molar refractivity (Wildman–Crippen MR) is 130 cm³/mol. The van der Waals surface area contributed by atoms with Crippen LogP contribution in [0.2, 0.25) is 0 Å². The number of nitrogens with one attached hydrogen (secondary N) is 1. The molecule has 0 unspecified atom stereocenters. The lowest BCUT2D eigenvalue weighted by atomic mass is 10.1. The van der Waals surface area contributed by atoms with E-state index in [4.69, 9.17) is 13.8 Å². The molecule has 0 atom stereocenters. The van der Waals surface area contributed by atoms with E-state index in [0.29, 0.717) is 19.8 Å². The molecule has 3 aromatic carbocycles. The van der Waals surface area contributed by atoms with Crippen LogP contribution in [0.3, 0.4) is 0 Å². The van der Waals surface area contributed by atoms with Crippen molar-refractivity contribution in [1.29, 1.82) is 0 Å². The molecule has 0 aliphatic rings. The molecule has 0 aliphatic carbocycles. The van der Waals surface area contributed by atoms with Crippen LogP contribution in [0.5, 0.6) is 5.75 Å². The molecule has 164 valence electrons. The van der Waals surface area contributed by atoms with E-state index in [9.17, 15) is 0 Å². The van der Waals surface area contributed by atoms with Crippen LogP contribution in [0.4, 0.5) is 0 Å². The molecule has 0 saturated heterocycles. The molecule has 3 rings (SSSR count). The van der Waals surface area contributed by atoms with Crippen molar-refractivity contribution in [2.24, 2.45) is 0 Å². The third-order valence-electron chi connectivity index (χ3n) is 4.42. The minimum absolute atomic E-state index is 0.582. The second kappa shape index (κ2) is 13.5. The Morgan fingerprint density at radius 1 is 0.742 bits per heavy atom. The Morgan fingerprint density at radius 2 is 1.39 bits per heavy atom. The van der Waals surface area contributed by atoms with E-state index in [1.807, 2.05) is 44.2 Å². The van der Waals surface area contributed by atoms with Gasteiger partial charge < -0.3 is 13.8 Å². The largest absolute Gasteiger partial charge is 0.489 e. The molecule has 0 radical (unpaired) electrons. The van der Waals surface area contributed by atoms with Gasteiger partial charge in [0.05, 0.1) is 13.2 Å². The van der Waals surface area contributed by atoms with Gasteiger partial charge in [-0.25, -0.2) is 0 Å². The van der Waals surface area contributed by atoms with Crippen molar-refractivity contribution in [3.63, 3.8) is 0 Å². The van der Waals surface area contributed by atoms with Crippen LogP contribution < -0.4 is 9.46 Å². The van der Waals surface area contributed by atoms with Gasteiger partial charge in [0.1, 0.15) is 12.4 Å². The second-order valence-corrected chi connectivity index (χ2v) is 9.27. The van der Waals surface area contributed by atoms with Crippen molar-refractivity contribution < 1.29 is 13.8 Å². The van der Waals surface area contributed by atoms with Crippen molar-refractivity contribution >= 4 is 20.3 Å². The number of benzene rings is 3. The zero-order valence-electron chi connectivity index (χ0n) is 18.1. The van der Waals surface area contributed by atoms with Crippen LogP contribution in [-0.4, -0.2) is 13.2 Å². The van der Waals surface area contributed by atoms with E-state index in [1.54, 1.807) is 11.9 Å². The summed E-state index contributed by atoms with van der Waals surface area (Å²) in [4.78, 5) is 1.16. The summed E-state index contributed by atoms with van der Waals surface area (Å²) in [5.41, 5.74) is 3.66. The first-order chi connectivity index (χ1) is 15.3. The monoisotopic (exact) mass is 455 g/mol. The van der Waals surface area contributed by atoms with Gasteiger partial charge in [-0.3, -0.25) is 4.72 Å². The molecule has 0 aromatic heterocycles. The Morgan fingerprint density at radius 3 is 2.03 bits per heavy atom. The Kier molecular flexibility index (Phi) is 10.4. The molecule has 0 spiro atoms. The quantitative estimate of drug-likeness (QED) is 0.223. The Balaban J connectivity index is 1.40. The zero-order valence-corrected chi connectivity index (χ0v) is 19.8. The van der Waals surface area contributed by atoms with E-state index >= 15 is 0 Å². The van der Waals surface area contributed by atoms with E-state index < -0.39 is 8.38 Å². The molecule has 0 bridgehead atoms. The van der Waals surface area contributed by atoms with E-state index in [0.717, 1.165) is 23.4 Å². The standard InChI is InChI=1S/C25H30NO3PS/c1-3-28-30(29-4-2)20-23-12-10-21(11-13-23)18-26-31-25-16-14-24(15-17-25)27-19-22-8-6-5-7-9-22/h5-17,26H,3-4,18-20H2,1-2H3. The Bertz CT molecular complexity index is 870. The second-order valence-electron chi connectivity index (χ2n) is 6.81. The van der Waals surface area contributed by atoms with E-state index in [-0.39, 0.29) is 0 Å². The fourth-order valence-electron chi connectivity index (χ4n) is 2.88. The zero-order chi connectivity index (χ0) is 21.7. The maximum Gasteiger partial charge on any atom is 0.175 e. The minimum Gasteiger partial charge on any atom is -0.489 e. The molecule has 0 amide bonds. The SMILES string of the molecule is CCOP(Cc1ccc(CNSc2ccc(OCc3ccccc3)cc2)cc1)OCC. The minimum atomic E-state index is -0.837. The summed E-state index contributed by atoms with van der Waals surface area (Å²) in [7, 11) is -0.837. The predicted octanol–water partition coefficient (Wildman–Crippen LogP) is 6.95. The van der Waals surface area contributed by atoms with Crippen LogP contribution in [-0.2, 0) is 28.4 Å². The van der Waals surface area contributed by atoms with Gasteiger partial charge in [0.25, 0.3) is 0 Å². The van der Waals surface area contributed by atoms with Gasteiger partial charge in [-0.15, -0.1) is 0 Å². The fraction of sp³-hybridized carbons (Fsp3) is 0.280. The highest BCUT2D eigenvalue weighted by Gasteiger charge is 2.10. The molecular weight excluding hydrogens is 425 g/mol. The molecule has 1 N–H and O–H groups in total. The highest BCUT2D eigenvalue weighted by molar-refractivity contribution is 7.97. The molecule has 0 fully saturated rings. The van der Waals surface area contributed by atoms with Crippen molar-refractivity contribution in [2.75, 3.05) is 13.2 Å². The summed E-state index contributed by atoms with van der Waals surface area (Å²) in [5.74, 6) is 0.878. The molecular formula is C25H30NO3PS. The van der Waals surface area contributed by atoms with Gasteiger partial charge in [-0.1, -0.05) is 54.6 Å². The number of ether oxygens (including phenoxy) is 1. The topological polar surface area (TPSA) is 39.7 Å². The third kappa shape index (κ3) is 8.64. The molecule has 3 aromatic rings. The first-order valence-electron chi connectivity index (χ1n) is 10.5. The smallest absolute Gasteiger partial charge is 0.175 e.